The number of rotatable bonds is 5. The number of benzene rings is 2. The van der Waals surface area contributed by atoms with Crippen LogP contribution in [0, 0.1) is 5.92 Å². The average molecular weight is 424 g/mol. The van der Waals surface area contributed by atoms with Gasteiger partial charge in [-0.15, -0.1) is 24.8 Å². The lowest BCUT2D eigenvalue weighted by Gasteiger charge is -2.26. The van der Waals surface area contributed by atoms with Crippen LogP contribution < -0.4 is 16.0 Å². The van der Waals surface area contributed by atoms with Crippen LogP contribution in [0.3, 0.4) is 0 Å². The summed E-state index contributed by atoms with van der Waals surface area (Å²) in [4.78, 5) is 15.2. The number of carbonyl (C=O) groups is 1. The van der Waals surface area contributed by atoms with Crippen LogP contribution in [-0.2, 0) is 4.79 Å². The van der Waals surface area contributed by atoms with Gasteiger partial charge in [0.15, 0.2) is 0 Å². The van der Waals surface area contributed by atoms with Crippen LogP contribution in [0.4, 0.5) is 11.4 Å². The van der Waals surface area contributed by atoms with Gasteiger partial charge < -0.3 is 16.0 Å². The normalized spacial score (nSPS) is 16.0. The molecule has 4 nitrogen and oxygen atoms in total. The average Bonchev–Trinajstić information content (AvgIpc) is 2.97. The molecule has 0 saturated carbocycles. The van der Waals surface area contributed by atoms with Crippen molar-refractivity contribution in [1.29, 1.82) is 0 Å². The van der Waals surface area contributed by atoms with Gasteiger partial charge in [-0.05, 0) is 30.5 Å². The molecule has 1 aliphatic heterocycles. The first-order valence-electron chi connectivity index (χ1n) is 9.62. The highest BCUT2D eigenvalue weighted by Gasteiger charge is 2.23. The minimum Gasteiger partial charge on any atom is -0.370 e. The monoisotopic (exact) mass is 423 g/mol. The summed E-state index contributed by atoms with van der Waals surface area (Å²) in [5, 5.41) is 3.12. The number of halogens is 2. The first-order chi connectivity index (χ1) is 12.7. The Labute approximate surface area is 180 Å². The summed E-state index contributed by atoms with van der Waals surface area (Å²) in [6, 6.07) is 17.6. The molecule has 1 fully saturated rings. The molecule has 3 rings (SSSR count). The third-order valence-corrected chi connectivity index (χ3v) is 5.25. The Morgan fingerprint density at radius 2 is 1.50 bits per heavy atom. The number of hydrogen-bond acceptors (Lipinski definition) is 3. The molecular weight excluding hydrogens is 393 g/mol. The lowest BCUT2D eigenvalue weighted by Crippen LogP contribution is -2.31. The van der Waals surface area contributed by atoms with Gasteiger partial charge in [0.1, 0.15) is 0 Å². The second-order valence-electron chi connectivity index (χ2n) is 7.13. The molecule has 6 heteroatoms. The van der Waals surface area contributed by atoms with Crippen LogP contribution in [-0.4, -0.2) is 19.0 Å². The van der Waals surface area contributed by atoms with Gasteiger partial charge in [-0.25, -0.2) is 0 Å². The van der Waals surface area contributed by atoms with Crippen molar-refractivity contribution in [1.82, 2.24) is 0 Å². The molecule has 0 bridgehead atoms. The first-order valence-corrected chi connectivity index (χ1v) is 9.62. The van der Waals surface area contributed by atoms with E-state index in [1.165, 1.54) is 25.7 Å². The second-order valence-corrected chi connectivity index (χ2v) is 7.13. The van der Waals surface area contributed by atoms with Crippen molar-refractivity contribution in [2.45, 2.75) is 38.6 Å². The molecule has 0 spiro atoms. The summed E-state index contributed by atoms with van der Waals surface area (Å²) in [7, 11) is 0. The number of anilines is 2. The molecule has 0 radical (unpaired) electrons. The Hall–Kier alpha value is -1.75. The molecule has 0 aromatic heterocycles. The van der Waals surface area contributed by atoms with E-state index >= 15 is 0 Å². The number of para-hydroxylation sites is 2. The van der Waals surface area contributed by atoms with Gasteiger partial charge in [0.25, 0.3) is 0 Å². The van der Waals surface area contributed by atoms with Gasteiger partial charge in [0.2, 0.25) is 5.91 Å². The molecule has 2 atom stereocenters. The standard InChI is InChI=1S/C22H29N3O.2ClH/c1-17(21(23)18-11-5-4-6-12-18)22(26)24-19-13-7-8-14-20(19)25-15-9-2-3-10-16-25;;/h4-8,11-14,17,21H,2-3,9-10,15-16,23H2,1H3,(H,24,26);2*1H. The van der Waals surface area contributed by atoms with Crippen molar-refractivity contribution in [3.63, 3.8) is 0 Å². The van der Waals surface area contributed by atoms with E-state index in [4.69, 9.17) is 5.73 Å². The predicted molar refractivity (Wildman–Crippen MR) is 123 cm³/mol. The van der Waals surface area contributed by atoms with Gasteiger partial charge in [0, 0.05) is 19.1 Å². The number of nitrogens with one attached hydrogen (secondary N) is 1. The number of nitrogens with zero attached hydrogens (tertiary/aromatic N) is 1. The molecule has 154 valence electrons. The van der Waals surface area contributed by atoms with Crippen molar-refractivity contribution in [3.05, 3.63) is 60.2 Å². The minimum atomic E-state index is -0.318. The maximum atomic E-state index is 12.8. The third kappa shape index (κ3) is 6.13. The lowest BCUT2D eigenvalue weighted by molar-refractivity contribution is -0.120. The van der Waals surface area contributed by atoms with E-state index in [2.05, 4.69) is 16.3 Å². The highest BCUT2D eigenvalue weighted by molar-refractivity contribution is 5.96. The van der Waals surface area contributed by atoms with E-state index in [0.717, 1.165) is 30.0 Å². The van der Waals surface area contributed by atoms with E-state index in [9.17, 15) is 4.79 Å². The molecule has 1 saturated heterocycles. The zero-order chi connectivity index (χ0) is 18.4. The van der Waals surface area contributed by atoms with E-state index in [1.54, 1.807) is 0 Å². The highest BCUT2D eigenvalue weighted by Crippen LogP contribution is 2.29. The summed E-state index contributed by atoms with van der Waals surface area (Å²) < 4.78 is 0. The van der Waals surface area contributed by atoms with E-state index in [1.807, 2.05) is 55.5 Å². The van der Waals surface area contributed by atoms with E-state index in [0.29, 0.717) is 0 Å². The fraction of sp³-hybridized carbons (Fsp3) is 0.409. The van der Waals surface area contributed by atoms with Crippen LogP contribution in [0.1, 0.15) is 44.2 Å². The zero-order valence-corrected chi connectivity index (χ0v) is 18.0. The van der Waals surface area contributed by atoms with E-state index < -0.39 is 0 Å². The van der Waals surface area contributed by atoms with Crippen molar-refractivity contribution in [2.24, 2.45) is 11.7 Å². The van der Waals surface area contributed by atoms with Gasteiger partial charge in [0.05, 0.1) is 17.3 Å². The fourth-order valence-electron chi connectivity index (χ4n) is 3.54. The number of hydrogen-bond donors (Lipinski definition) is 2. The van der Waals surface area contributed by atoms with Crippen LogP contribution in [0.25, 0.3) is 0 Å². The Morgan fingerprint density at radius 3 is 2.14 bits per heavy atom. The number of nitrogens with two attached hydrogens (primary N) is 1. The van der Waals surface area contributed by atoms with E-state index in [-0.39, 0.29) is 42.7 Å². The summed E-state index contributed by atoms with van der Waals surface area (Å²) in [5.74, 6) is -0.349. The molecule has 2 unspecified atom stereocenters. The summed E-state index contributed by atoms with van der Waals surface area (Å²) in [5.41, 5.74) is 9.30. The van der Waals surface area contributed by atoms with Crippen molar-refractivity contribution >= 4 is 42.1 Å². The number of carbonyl (C=O) groups excluding carboxylic acids is 1. The quantitative estimate of drug-likeness (QED) is 0.695. The Balaban J connectivity index is 0.00000196. The Bertz CT molecular complexity index is 719. The molecule has 2 aromatic carbocycles. The summed E-state index contributed by atoms with van der Waals surface area (Å²) >= 11 is 0. The van der Waals surface area contributed by atoms with Gasteiger partial charge in [-0.3, -0.25) is 4.79 Å². The van der Waals surface area contributed by atoms with Crippen molar-refractivity contribution in [2.75, 3.05) is 23.3 Å². The molecule has 0 aliphatic carbocycles. The van der Waals surface area contributed by atoms with Crippen LogP contribution in [0.5, 0.6) is 0 Å². The second kappa shape index (κ2) is 11.9. The molecule has 2 aromatic rings. The van der Waals surface area contributed by atoms with Crippen molar-refractivity contribution in [3.8, 4) is 0 Å². The van der Waals surface area contributed by atoms with Crippen molar-refractivity contribution < 1.29 is 4.79 Å². The van der Waals surface area contributed by atoms with Crippen LogP contribution in [0.15, 0.2) is 54.6 Å². The third-order valence-electron chi connectivity index (χ3n) is 5.25. The van der Waals surface area contributed by atoms with Gasteiger partial charge in [-0.2, -0.15) is 0 Å². The molecule has 1 heterocycles. The predicted octanol–water partition coefficient (Wildman–Crippen LogP) is 5.19. The molecule has 1 amide bonds. The van der Waals surface area contributed by atoms with Gasteiger partial charge in [-0.1, -0.05) is 62.2 Å². The highest BCUT2D eigenvalue weighted by atomic mass is 35.5. The Kier molecular flexibility index (Phi) is 10.4. The lowest BCUT2D eigenvalue weighted by atomic mass is 9.94. The fourth-order valence-corrected chi connectivity index (χ4v) is 3.54. The summed E-state index contributed by atoms with van der Waals surface area (Å²) in [6.07, 6.45) is 4.98. The molecule has 1 aliphatic rings. The minimum absolute atomic E-state index is 0. The SMILES string of the molecule is CC(C(=O)Nc1ccccc1N1CCCCCC1)C(N)c1ccccc1.Cl.Cl. The van der Waals surface area contributed by atoms with Crippen LogP contribution in [0.2, 0.25) is 0 Å². The Morgan fingerprint density at radius 1 is 0.929 bits per heavy atom. The summed E-state index contributed by atoms with van der Waals surface area (Å²) in [6.45, 7) is 3.99. The number of amides is 1. The zero-order valence-electron chi connectivity index (χ0n) is 16.3. The largest absolute Gasteiger partial charge is 0.370 e. The molecule has 3 N–H and O–H groups in total. The molecular formula is C22H31Cl2N3O. The van der Waals surface area contributed by atoms with Gasteiger partial charge >= 0.3 is 0 Å². The maximum absolute atomic E-state index is 12.8. The van der Waals surface area contributed by atoms with Crippen LogP contribution >= 0.6 is 24.8 Å². The smallest absolute Gasteiger partial charge is 0.229 e. The molecule has 28 heavy (non-hydrogen) atoms. The topological polar surface area (TPSA) is 58.4 Å². The maximum Gasteiger partial charge on any atom is 0.229 e. The first kappa shape index (κ1) is 24.3.